The van der Waals surface area contributed by atoms with E-state index in [0.29, 0.717) is 13.2 Å². The van der Waals surface area contributed by atoms with Crippen LogP contribution in [-0.4, -0.2) is 39.3 Å². The summed E-state index contributed by atoms with van der Waals surface area (Å²) in [4.78, 5) is 12.1. The maximum atomic E-state index is 12.1. The molecule has 1 N–H and O–H groups in total. The molecule has 1 aliphatic heterocycles. The minimum absolute atomic E-state index is 0.0444. The molecular formula is C13H15N5O2. The topological polar surface area (TPSA) is 81.9 Å². The molecule has 1 aliphatic rings. The predicted octanol–water partition coefficient (Wildman–Crippen LogP) is 1.03. The van der Waals surface area contributed by atoms with Gasteiger partial charge in [0.15, 0.2) is 0 Å². The van der Waals surface area contributed by atoms with Crippen molar-refractivity contribution in [2.24, 2.45) is 5.92 Å². The zero-order chi connectivity index (χ0) is 13.8. The van der Waals surface area contributed by atoms with Crippen molar-refractivity contribution in [1.82, 2.24) is 20.2 Å². The number of carbonyl (C=O) groups is 1. The highest BCUT2D eigenvalue weighted by Crippen LogP contribution is 2.18. The highest BCUT2D eigenvalue weighted by molar-refractivity contribution is 5.92. The van der Waals surface area contributed by atoms with Crippen LogP contribution in [0, 0.1) is 5.92 Å². The van der Waals surface area contributed by atoms with E-state index in [1.807, 2.05) is 24.3 Å². The molecule has 20 heavy (non-hydrogen) atoms. The lowest BCUT2D eigenvalue weighted by atomic mass is 9.99. The Balaban J connectivity index is 1.64. The maximum Gasteiger partial charge on any atom is 0.227 e. The van der Waals surface area contributed by atoms with Crippen molar-refractivity contribution in [2.45, 2.75) is 12.8 Å². The minimum Gasteiger partial charge on any atom is -0.381 e. The second-order valence-corrected chi connectivity index (χ2v) is 4.68. The van der Waals surface area contributed by atoms with Gasteiger partial charge < -0.3 is 10.1 Å². The summed E-state index contributed by atoms with van der Waals surface area (Å²) >= 11 is 0. The fourth-order valence-corrected chi connectivity index (χ4v) is 2.18. The third-order valence-electron chi connectivity index (χ3n) is 3.34. The Hall–Kier alpha value is -2.28. The smallest absolute Gasteiger partial charge is 0.227 e. The summed E-state index contributed by atoms with van der Waals surface area (Å²) in [5.74, 6) is 0.103. The van der Waals surface area contributed by atoms with Crippen molar-refractivity contribution < 1.29 is 9.53 Å². The number of anilines is 1. The first kappa shape index (κ1) is 12.7. The standard InChI is InChI=1S/C13H15N5O2/c19-13(10-5-7-20-8-6-10)15-11-1-3-12(4-2-11)18-9-14-16-17-18/h1-4,9-10H,5-8H2,(H,15,19). The molecule has 0 radical (unpaired) electrons. The number of amides is 1. The van der Waals surface area contributed by atoms with E-state index < -0.39 is 0 Å². The van der Waals surface area contributed by atoms with E-state index in [4.69, 9.17) is 4.74 Å². The van der Waals surface area contributed by atoms with E-state index >= 15 is 0 Å². The summed E-state index contributed by atoms with van der Waals surface area (Å²) in [7, 11) is 0. The molecule has 104 valence electrons. The SMILES string of the molecule is O=C(Nc1ccc(-n2cnnn2)cc1)C1CCOCC1. The Kier molecular flexibility index (Phi) is 3.69. The van der Waals surface area contributed by atoms with Crippen molar-refractivity contribution >= 4 is 11.6 Å². The number of nitrogens with one attached hydrogen (secondary N) is 1. The molecule has 0 spiro atoms. The number of nitrogens with zero attached hydrogens (tertiary/aromatic N) is 4. The summed E-state index contributed by atoms with van der Waals surface area (Å²) in [6, 6.07) is 7.40. The Morgan fingerprint density at radius 2 is 2.00 bits per heavy atom. The second-order valence-electron chi connectivity index (χ2n) is 4.68. The predicted molar refractivity (Wildman–Crippen MR) is 71.3 cm³/mol. The molecule has 1 fully saturated rings. The van der Waals surface area contributed by atoms with Gasteiger partial charge in [-0.05, 0) is 47.5 Å². The van der Waals surface area contributed by atoms with Crippen LogP contribution >= 0.6 is 0 Å². The minimum atomic E-state index is 0.0444. The van der Waals surface area contributed by atoms with Gasteiger partial charge in [-0.25, -0.2) is 4.68 Å². The van der Waals surface area contributed by atoms with E-state index in [1.54, 1.807) is 4.68 Å². The van der Waals surface area contributed by atoms with Crippen LogP contribution in [0.5, 0.6) is 0 Å². The summed E-state index contributed by atoms with van der Waals surface area (Å²) in [6.07, 6.45) is 3.10. The van der Waals surface area contributed by atoms with E-state index in [2.05, 4.69) is 20.8 Å². The van der Waals surface area contributed by atoms with Crippen LogP contribution in [0.3, 0.4) is 0 Å². The van der Waals surface area contributed by atoms with Crippen molar-refractivity contribution in [3.63, 3.8) is 0 Å². The lowest BCUT2D eigenvalue weighted by Gasteiger charge is -2.21. The average molecular weight is 273 g/mol. The number of aromatic nitrogens is 4. The van der Waals surface area contributed by atoms with Gasteiger partial charge in [-0.15, -0.1) is 5.10 Å². The van der Waals surface area contributed by atoms with Crippen LogP contribution in [0.1, 0.15) is 12.8 Å². The quantitative estimate of drug-likeness (QED) is 0.903. The van der Waals surface area contributed by atoms with Crippen LogP contribution < -0.4 is 5.32 Å². The fraction of sp³-hybridized carbons (Fsp3) is 0.385. The lowest BCUT2D eigenvalue weighted by molar-refractivity contribution is -0.122. The molecule has 2 heterocycles. The fourth-order valence-electron chi connectivity index (χ4n) is 2.18. The van der Waals surface area contributed by atoms with Crippen molar-refractivity contribution in [2.75, 3.05) is 18.5 Å². The number of hydrogen-bond donors (Lipinski definition) is 1. The Morgan fingerprint density at radius 3 is 2.65 bits per heavy atom. The number of tetrazole rings is 1. The normalized spacial score (nSPS) is 16.0. The Labute approximate surface area is 115 Å². The highest BCUT2D eigenvalue weighted by Gasteiger charge is 2.21. The van der Waals surface area contributed by atoms with E-state index in [0.717, 1.165) is 24.2 Å². The molecule has 0 unspecified atom stereocenters. The first-order valence-corrected chi connectivity index (χ1v) is 6.55. The first-order valence-electron chi connectivity index (χ1n) is 6.55. The van der Waals surface area contributed by atoms with Gasteiger partial charge in [0.2, 0.25) is 5.91 Å². The lowest BCUT2D eigenvalue weighted by Crippen LogP contribution is -2.28. The average Bonchev–Trinajstić information content (AvgIpc) is 3.03. The monoisotopic (exact) mass is 273 g/mol. The second kappa shape index (κ2) is 5.79. The molecule has 3 rings (SSSR count). The van der Waals surface area contributed by atoms with Gasteiger partial charge in [0.1, 0.15) is 6.33 Å². The Bertz CT molecular complexity index is 561. The molecule has 1 aromatic carbocycles. The number of carbonyl (C=O) groups excluding carboxylic acids is 1. The largest absolute Gasteiger partial charge is 0.381 e. The van der Waals surface area contributed by atoms with Gasteiger partial charge in [-0.3, -0.25) is 4.79 Å². The molecule has 0 saturated carbocycles. The zero-order valence-electron chi connectivity index (χ0n) is 10.9. The Morgan fingerprint density at radius 1 is 1.25 bits per heavy atom. The number of benzene rings is 1. The van der Waals surface area contributed by atoms with E-state index in [1.165, 1.54) is 6.33 Å². The number of hydrogen-bond acceptors (Lipinski definition) is 5. The van der Waals surface area contributed by atoms with Crippen molar-refractivity contribution in [1.29, 1.82) is 0 Å². The van der Waals surface area contributed by atoms with Gasteiger partial charge in [0.05, 0.1) is 5.69 Å². The van der Waals surface area contributed by atoms with E-state index in [-0.39, 0.29) is 11.8 Å². The molecular weight excluding hydrogens is 258 g/mol. The van der Waals surface area contributed by atoms with Gasteiger partial charge in [0.25, 0.3) is 0 Å². The molecule has 1 aromatic heterocycles. The van der Waals surface area contributed by atoms with Crippen LogP contribution in [0.15, 0.2) is 30.6 Å². The summed E-state index contributed by atoms with van der Waals surface area (Å²) in [5.41, 5.74) is 1.62. The van der Waals surface area contributed by atoms with E-state index in [9.17, 15) is 4.79 Å². The summed E-state index contributed by atoms with van der Waals surface area (Å²) < 4.78 is 6.82. The van der Waals surface area contributed by atoms with Crippen LogP contribution in [0.4, 0.5) is 5.69 Å². The van der Waals surface area contributed by atoms with Crippen molar-refractivity contribution in [3.8, 4) is 5.69 Å². The molecule has 7 heteroatoms. The van der Waals surface area contributed by atoms with Crippen LogP contribution in [0.25, 0.3) is 5.69 Å². The molecule has 7 nitrogen and oxygen atoms in total. The van der Waals surface area contributed by atoms with Gasteiger partial charge in [0, 0.05) is 24.8 Å². The van der Waals surface area contributed by atoms with Gasteiger partial charge >= 0.3 is 0 Å². The molecule has 1 amide bonds. The first-order chi connectivity index (χ1) is 9.83. The van der Waals surface area contributed by atoms with Crippen LogP contribution in [-0.2, 0) is 9.53 Å². The third kappa shape index (κ3) is 2.83. The van der Waals surface area contributed by atoms with Gasteiger partial charge in [-0.2, -0.15) is 0 Å². The molecule has 0 bridgehead atoms. The maximum absolute atomic E-state index is 12.1. The summed E-state index contributed by atoms with van der Waals surface area (Å²) in [6.45, 7) is 1.33. The van der Waals surface area contributed by atoms with Gasteiger partial charge in [-0.1, -0.05) is 0 Å². The molecule has 0 atom stereocenters. The third-order valence-corrected chi connectivity index (χ3v) is 3.34. The molecule has 1 saturated heterocycles. The molecule has 0 aliphatic carbocycles. The zero-order valence-corrected chi connectivity index (χ0v) is 10.9. The summed E-state index contributed by atoms with van der Waals surface area (Å²) in [5, 5.41) is 13.9. The van der Waals surface area contributed by atoms with Crippen LogP contribution in [0.2, 0.25) is 0 Å². The molecule has 2 aromatic rings. The highest BCUT2D eigenvalue weighted by atomic mass is 16.5. The number of rotatable bonds is 3. The van der Waals surface area contributed by atoms with Crippen molar-refractivity contribution in [3.05, 3.63) is 30.6 Å². The number of ether oxygens (including phenoxy) is 1.